The highest BCUT2D eigenvalue weighted by Gasteiger charge is 2.30. The molecule has 6 nitrogen and oxygen atoms in total. The van der Waals surface area contributed by atoms with Crippen molar-refractivity contribution in [2.24, 2.45) is 5.92 Å². The highest BCUT2D eigenvalue weighted by molar-refractivity contribution is 7.21. The van der Waals surface area contributed by atoms with E-state index in [0.717, 1.165) is 23.1 Å². The van der Waals surface area contributed by atoms with E-state index in [-0.39, 0.29) is 17.6 Å². The standard InChI is InChI=1S/C16H13N3O3S/c20-14(9-5-6-9)18-19-15(21)11-7-8-12(22-11)16-17-10-3-1-2-4-13(10)23-16/h1-4,7-9H,5-6H2,(H,18,20)(H,19,21). The van der Waals surface area contributed by atoms with Crippen LogP contribution in [0.4, 0.5) is 0 Å². The van der Waals surface area contributed by atoms with Crippen molar-refractivity contribution in [2.75, 3.05) is 0 Å². The molecule has 1 aliphatic rings. The van der Waals surface area contributed by atoms with Gasteiger partial charge in [0.1, 0.15) is 0 Å². The minimum absolute atomic E-state index is 0.0326. The van der Waals surface area contributed by atoms with Crippen molar-refractivity contribution in [3.63, 3.8) is 0 Å². The fraction of sp³-hybridized carbons (Fsp3) is 0.188. The molecule has 116 valence electrons. The SMILES string of the molecule is O=C(NNC(=O)C1CC1)c1ccc(-c2nc3ccccc3s2)o1. The molecule has 0 unspecified atom stereocenters. The van der Waals surface area contributed by atoms with E-state index in [1.54, 1.807) is 12.1 Å². The Hall–Kier alpha value is -2.67. The summed E-state index contributed by atoms with van der Waals surface area (Å²) in [7, 11) is 0. The Labute approximate surface area is 135 Å². The Morgan fingerprint density at radius 3 is 2.74 bits per heavy atom. The molecule has 7 heteroatoms. The average Bonchev–Trinajstić information content (AvgIpc) is 3.14. The predicted molar refractivity (Wildman–Crippen MR) is 85.7 cm³/mol. The number of hydrazine groups is 1. The number of hydrogen-bond donors (Lipinski definition) is 2. The van der Waals surface area contributed by atoms with Gasteiger partial charge in [0.25, 0.3) is 0 Å². The smallest absolute Gasteiger partial charge is 0.305 e. The number of rotatable bonds is 3. The van der Waals surface area contributed by atoms with Gasteiger partial charge >= 0.3 is 5.91 Å². The molecule has 0 spiro atoms. The van der Waals surface area contributed by atoms with E-state index < -0.39 is 5.91 Å². The Morgan fingerprint density at radius 2 is 1.96 bits per heavy atom. The normalized spacial score (nSPS) is 13.9. The zero-order valence-corrected chi connectivity index (χ0v) is 12.9. The molecule has 1 saturated carbocycles. The fourth-order valence-corrected chi connectivity index (χ4v) is 3.11. The van der Waals surface area contributed by atoms with Crippen LogP contribution in [0.3, 0.4) is 0 Å². The van der Waals surface area contributed by atoms with E-state index >= 15 is 0 Å². The van der Waals surface area contributed by atoms with Crippen molar-refractivity contribution in [1.82, 2.24) is 15.8 Å². The molecule has 1 aliphatic carbocycles. The lowest BCUT2D eigenvalue weighted by atomic mass is 10.3. The molecule has 3 aromatic rings. The van der Waals surface area contributed by atoms with Crippen LogP contribution in [0.2, 0.25) is 0 Å². The molecule has 2 heterocycles. The zero-order chi connectivity index (χ0) is 15.8. The number of furan rings is 1. The van der Waals surface area contributed by atoms with E-state index in [0.29, 0.717) is 10.8 Å². The van der Waals surface area contributed by atoms with Gasteiger partial charge in [0.2, 0.25) is 5.91 Å². The molecule has 0 bridgehead atoms. The molecule has 2 amide bonds. The number of para-hydroxylation sites is 1. The predicted octanol–water partition coefficient (Wildman–Crippen LogP) is 2.73. The van der Waals surface area contributed by atoms with Crippen LogP contribution in [-0.2, 0) is 4.79 Å². The van der Waals surface area contributed by atoms with E-state index in [1.165, 1.54) is 11.3 Å². The van der Waals surface area contributed by atoms with Crippen LogP contribution in [0.5, 0.6) is 0 Å². The average molecular weight is 327 g/mol. The second-order valence-corrected chi connectivity index (χ2v) is 6.40. The van der Waals surface area contributed by atoms with Gasteiger partial charge in [0, 0.05) is 5.92 Å². The Balaban J connectivity index is 1.49. The first-order chi connectivity index (χ1) is 11.2. The first-order valence-corrected chi connectivity index (χ1v) is 8.08. The number of carbonyl (C=O) groups is 2. The molecular weight excluding hydrogens is 314 g/mol. The van der Waals surface area contributed by atoms with Gasteiger partial charge in [-0.05, 0) is 37.1 Å². The number of thiazole rings is 1. The van der Waals surface area contributed by atoms with Crippen LogP contribution < -0.4 is 10.9 Å². The third kappa shape index (κ3) is 2.83. The highest BCUT2D eigenvalue weighted by Crippen LogP contribution is 2.31. The molecule has 2 aromatic heterocycles. The maximum absolute atomic E-state index is 12.0. The van der Waals surface area contributed by atoms with Gasteiger partial charge in [-0.1, -0.05) is 12.1 Å². The van der Waals surface area contributed by atoms with Gasteiger partial charge in [0.05, 0.1) is 10.2 Å². The molecule has 23 heavy (non-hydrogen) atoms. The van der Waals surface area contributed by atoms with Gasteiger partial charge in [-0.2, -0.15) is 0 Å². The third-order valence-electron chi connectivity index (χ3n) is 3.58. The number of fused-ring (bicyclic) bond motifs is 1. The summed E-state index contributed by atoms with van der Waals surface area (Å²) in [6.07, 6.45) is 1.76. The number of carbonyl (C=O) groups excluding carboxylic acids is 2. The summed E-state index contributed by atoms with van der Waals surface area (Å²) in [5, 5.41) is 0.715. The number of benzene rings is 1. The first-order valence-electron chi connectivity index (χ1n) is 7.27. The molecule has 4 rings (SSSR count). The maximum Gasteiger partial charge on any atom is 0.305 e. The van der Waals surface area contributed by atoms with Crippen molar-refractivity contribution in [3.8, 4) is 10.8 Å². The second kappa shape index (κ2) is 5.51. The van der Waals surface area contributed by atoms with Gasteiger partial charge in [-0.3, -0.25) is 20.4 Å². The summed E-state index contributed by atoms with van der Waals surface area (Å²) in [6, 6.07) is 11.1. The lowest BCUT2D eigenvalue weighted by Crippen LogP contribution is -2.42. The quantitative estimate of drug-likeness (QED) is 0.725. The van der Waals surface area contributed by atoms with Crippen LogP contribution in [0.25, 0.3) is 21.0 Å². The molecule has 1 fully saturated rings. The van der Waals surface area contributed by atoms with Crippen LogP contribution >= 0.6 is 11.3 Å². The molecule has 2 N–H and O–H groups in total. The minimum Gasteiger partial charge on any atom is -0.448 e. The third-order valence-corrected chi connectivity index (χ3v) is 4.63. The van der Waals surface area contributed by atoms with Crippen molar-refractivity contribution >= 4 is 33.4 Å². The van der Waals surface area contributed by atoms with Crippen LogP contribution in [0, 0.1) is 5.92 Å². The number of aromatic nitrogens is 1. The number of amides is 2. The van der Waals surface area contributed by atoms with E-state index in [1.807, 2.05) is 24.3 Å². The summed E-state index contributed by atoms with van der Waals surface area (Å²) in [5.74, 6) is 0.0631. The van der Waals surface area contributed by atoms with E-state index in [4.69, 9.17) is 4.42 Å². The highest BCUT2D eigenvalue weighted by atomic mass is 32.1. The summed E-state index contributed by atoms with van der Waals surface area (Å²) in [6.45, 7) is 0. The molecule has 0 saturated heterocycles. The number of hydrogen-bond acceptors (Lipinski definition) is 5. The van der Waals surface area contributed by atoms with E-state index in [9.17, 15) is 9.59 Å². The Kier molecular flexibility index (Phi) is 3.34. The summed E-state index contributed by atoms with van der Waals surface area (Å²) in [4.78, 5) is 28.0. The summed E-state index contributed by atoms with van der Waals surface area (Å²) < 4.78 is 6.61. The Bertz CT molecular complexity index is 862. The van der Waals surface area contributed by atoms with Gasteiger partial charge in [0.15, 0.2) is 16.5 Å². The molecule has 1 aromatic carbocycles. The lowest BCUT2D eigenvalue weighted by molar-refractivity contribution is -0.123. The van der Waals surface area contributed by atoms with Crippen molar-refractivity contribution in [1.29, 1.82) is 0 Å². The van der Waals surface area contributed by atoms with E-state index in [2.05, 4.69) is 15.8 Å². The maximum atomic E-state index is 12.0. The lowest BCUT2D eigenvalue weighted by Gasteiger charge is -2.04. The van der Waals surface area contributed by atoms with Crippen molar-refractivity contribution in [2.45, 2.75) is 12.8 Å². The zero-order valence-electron chi connectivity index (χ0n) is 12.0. The Morgan fingerprint density at radius 1 is 1.13 bits per heavy atom. The monoisotopic (exact) mass is 327 g/mol. The minimum atomic E-state index is -0.480. The summed E-state index contributed by atoms with van der Waals surface area (Å²) in [5.41, 5.74) is 5.66. The van der Waals surface area contributed by atoms with Crippen LogP contribution in [0.1, 0.15) is 23.4 Å². The molecule has 0 radical (unpaired) electrons. The van der Waals surface area contributed by atoms with Gasteiger partial charge < -0.3 is 4.42 Å². The topological polar surface area (TPSA) is 84.2 Å². The van der Waals surface area contributed by atoms with Crippen molar-refractivity contribution < 1.29 is 14.0 Å². The second-order valence-electron chi connectivity index (χ2n) is 5.37. The first kappa shape index (κ1) is 14.0. The van der Waals surface area contributed by atoms with Crippen LogP contribution in [0.15, 0.2) is 40.8 Å². The molecule has 0 aliphatic heterocycles. The molecular formula is C16H13N3O3S. The fourth-order valence-electron chi connectivity index (χ4n) is 2.18. The number of nitrogens with one attached hydrogen (secondary N) is 2. The van der Waals surface area contributed by atoms with Crippen molar-refractivity contribution in [3.05, 3.63) is 42.2 Å². The van der Waals surface area contributed by atoms with Crippen LogP contribution in [-0.4, -0.2) is 16.8 Å². The van der Waals surface area contributed by atoms with Gasteiger partial charge in [-0.15, -0.1) is 11.3 Å². The summed E-state index contributed by atoms with van der Waals surface area (Å²) >= 11 is 1.50. The molecule has 0 atom stereocenters. The number of nitrogens with zero attached hydrogens (tertiary/aromatic N) is 1. The van der Waals surface area contributed by atoms with Gasteiger partial charge in [-0.25, -0.2) is 4.98 Å². The largest absolute Gasteiger partial charge is 0.448 e.